The van der Waals surface area contributed by atoms with E-state index in [0.29, 0.717) is 6.42 Å². The van der Waals surface area contributed by atoms with Crippen LogP contribution in [0.2, 0.25) is 0 Å². The van der Waals surface area contributed by atoms with Crippen LogP contribution in [-0.4, -0.2) is 28.4 Å². The molecular formula is C18H36AlO3+. The van der Waals surface area contributed by atoms with Gasteiger partial charge in [0.15, 0.2) is 0 Å². The molecule has 4 heteroatoms. The molecule has 0 radical (unpaired) electrons. The van der Waals surface area contributed by atoms with Crippen molar-refractivity contribution in [1.82, 2.24) is 0 Å². The predicted molar refractivity (Wildman–Crippen MR) is 93.6 cm³/mol. The topological polar surface area (TPSA) is 65.8 Å². The molecule has 0 amide bonds. The SMILES string of the molecule is CCCCCCCCCCCCCCCCCC(=O)O.[Al+3].[O-2]. The molecule has 0 unspecified atom stereocenters. The quantitative estimate of drug-likeness (QED) is 0.286. The standard InChI is InChI=1S/C18H36O2.Al.O/c1-2-3-4-5-6-7-8-9-10-11-12-13-14-15-16-17-18(19)20;;/h2-17H2,1H3,(H,19,20);;/q;+3;-2. The van der Waals surface area contributed by atoms with E-state index < -0.39 is 5.97 Å². The van der Waals surface area contributed by atoms with E-state index in [4.69, 9.17) is 5.11 Å². The zero-order chi connectivity index (χ0) is 14.9. The molecule has 0 aliphatic carbocycles. The molecule has 0 aromatic heterocycles. The smallest absolute Gasteiger partial charge is 2.00 e. The Morgan fingerprint density at radius 1 is 0.636 bits per heavy atom. The van der Waals surface area contributed by atoms with Gasteiger partial charge in [-0.3, -0.25) is 4.79 Å². The average Bonchev–Trinajstić information content (AvgIpc) is 2.43. The summed E-state index contributed by atoms with van der Waals surface area (Å²) in [5, 5.41) is 8.52. The maximum Gasteiger partial charge on any atom is 3.00 e. The van der Waals surface area contributed by atoms with Crippen molar-refractivity contribution in [2.75, 3.05) is 0 Å². The van der Waals surface area contributed by atoms with Crippen LogP contribution >= 0.6 is 0 Å². The first-order chi connectivity index (χ1) is 9.77. The molecule has 0 saturated heterocycles. The predicted octanol–water partition coefficient (Wildman–Crippen LogP) is 5.83. The molecule has 0 aliphatic rings. The number of hydrogen-bond donors (Lipinski definition) is 1. The van der Waals surface area contributed by atoms with Gasteiger partial charge >= 0.3 is 23.3 Å². The second-order valence-electron chi connectivity index (χ2n) is 6.09. The van der Waals surface area contributed by atoms with Crippen LogP contribution in [0.15, 0.2) is 0 Å². The van der Waals surface area contributed by atoms with Crippen molar-refractivity contribution in [1.29, 1.82) is 0 Å². The van der Waals surface area contributed by atoms with Crippen molar-refractivity contribution in [3.05, 3.63) is 0 Å². The minimum Gasteiger partial charge on any atom is -2.00 e. The molecule has 22 heavy (non-hydrogen) atoms. The number of rotatable bonds is 16. The molecule has 0 fully saturated rings. The minimum atomic E-state index is -0.653. The second-order valence-corrected chi connectivity index (χ2v) is 6.09. The van der Waals surface area contributed by atoms with Gasteiger partial charge in [-0.25, -0.2) is 0 Å². The zero-order valence-corrected chi connectivity index (χ0v) is 15.8. The van der Waals surface area contributed by atoms with Gasteiger partial charge in [-0.2, -0.15) is 0 Å². The molecule has 0 aliphatic heterocycles. The fraction of sp³-hybridized carbons (Fsp3) is 0.944. The molecular weight excluding hydrogens is 291 g/mol. The van der Waals surface area contributed by atoms with Crippen molar-refractivity contribution in [2.45, 2.75) is 110 Å². The molecule has 0 spiro atoms. The first-order valence-electron chi connectivity index (χ1n) is 8.99. The summed E-state index contributed by atoms with van der Waals surface area (Å²) >= 11 is 0. The third kappa shape index (κ3) is 24.9. The number of carboxylic acid groups (broad SMARTS) is 1. The Balaban J connectivity index is -0.00000180. The maximum atomic E-state index is 10.3. The minimum absolute atomic E-state index is 0. The van der Waals surface area contributed by atoms with Crippen molar-refractivity contribution >= 4 is 23.3 Å². The summed E-state index contributed by atoms with van der Waals surface area (Å²) in [7, 11) is 0. The van der Waals surface area contributed by atoms with Crippen LogP contribution in [0.5, 0.6) is 0 Å². The molecule has 128 valence electrons. The second kappa shape index (κ2) is 23.2. The third-order valence-electron chi connectivity index (χ3n) is 3.99. The average molecular weight is 327 g/mol. The van der Waals surface area contributed by atoms with Crippen LogP contribution in [0.1, 0.15) is 110 Å². The Labute approximate surface area is 148 Å². The summed E-state index contributed by atoms with van der Waals surface area (Å²) in [4.78, 5) is 10.3. The third-order valence-corrected chi connectivity index (χ3v) is 3.99. The largest absolute Gasteiger partial charge is 3.00 e. The molecule has 0 atom stereocenters. The molecule has 0 aromatic carbocycles. The van der Waals surface area contributed by atoms with Crippen LogP contribution < -0.4 is 0 Å². The molecule has 1 N–H and O–H groups in total. The van der Waals surface area contributed by atoms with Crippen molar-refractivity contribution in [3.8, 4) is 0 Å². The van der Waals surface area contributed by atoms with Crippen molar-refractivity contribution < 1.29 is 15.4 Å². The Hall–Kier alpha value is -0.0375. The normalized spacial score (nSPS) is 9.86. The molecule has 0 saturated carbocycles. The van der Waals surface area contributed by atoms with Gasteiger partial charge in [-0.15, -0.1) is 0 Å². The van der Waals surface area contributed by atoms with E-state index in [1.165, 1.54) is 83.5 Å². The monoisotopic (exact) mass is 327 g/mol. The number of hydrogen-bond acceptors (Lipinski definition) is 1. The van der Waals surface area contributed by atoms with E-state index in [9.17, 15) is 4.79 Å². The van der Waals surface area contributed by atoms with E-state index in [1.54, 1.807) is 0 Å². The van der Waals surface area contributed by atoms with Gasteiger partial charge in [0.25, 0.3) is 0 Å². The van der Waals surface area contributed by atoms with Gasteiger partial charge in [0, 0.05) is 6.42 Å². The van der Waals surface area contributed by atoms with Gasteiger partial charge in [-0.05, 0) is 6.42 Å². The molecule has 0 heterocycles. The number of unbranched alkanes of at least 4 members (excludes halogenated alkanes) is 14. The van der Waals surface area contributed by atoms with Gasteiger partial charge in [0.1, 0.15) is 0 Å². The van der Waals surface area contributed by atoms with Crippen molar-refractivity contribution in [3.63, 3.8) is 0 Å². The molecule has 3 nitrogen and oxygen atoms in total. The maximum absolute atomic E-state index is 10.3. The van der Waals surface area contributed by atoms with E-state index in [0.717, 1.165) is 12.8 Å². The van der Waals surface area contributed by atoms with Gasteiger partial charge in [-0.1, -0.05) is 96.8 Å². The summed E-state index contributed by atoms with van der Waals surface area (Å²) in [5.41, 5.74) is 0. The van der Waals surface area contributed by atoms with E-state index in [-0.39, 0.29) is 22.8 Å². The van der Waals surface area contributed by atoms with Gasteiger partial charge in [0.2, 0.25) is 0 Å². The van der Waals surface area contributed by atoms with Crippen molar-refractivity contribution in [2.24, 2.45) is 0 Å². The fourth-order valence-corrected chi connectivity index (χ4v) is 2.65. The van der Waals surface area contributed by atoms with E-state index in [1.807, 2.05) is 0 Å². The first kappa shape index (κ1) is 26.8. The summed E-state index contributed by atoms with van der Waals surface area (Å²) in [5.74, 6) is -0.653. The van der Waals surface area contributed by atoms with Gasteiger partial charge in [0.05, 0.1) is 0 Å². The summed E-state index contributed by atoms with van der Waals surface area (Å²) < 4.78 is 0. The first-order valence-corrected chi connectivity index (χ1v) is 8.99. The summed E-state index contributed by atoms with van der Waals surface area (Å²) in [6.07, 6.45) is 20.2. The van der Waals surface area contributed by atoms with Gasteiger partial charge < -0.3 is 10.6 Å². The van der Waals surface area contributed by atoms with Crippen LogP contribution in [0.25, 0.3) is 0 Å². The molecule has 0 aromatic rings. The van der Waals surface area contributed by atoms with Crippen LogP contribution in [0.4, 0.5) is 0 Å². The van der Waals surface area contributed by atoms with E-state index in [2.05, 4.69) is 6.92 Å². The molecule has 0 bridgehead atoms. The van der Waals surface area contributed by atoms with E-state index >= 15 is 0 Å². The molecule has 0 rings (SSSR count). The number of carboxylic acids is 1. The Kier molecular flexibility index (Phi) is 28.3. The number of aliphatic carboxylic acids is 1. The van der Waals surface area contributed by atoms with Crippen LogP contribution in [-0.2, 0) is 10.3 Å². The summed E-state index contributed by atoms with van der Waals surface area (Å²) in [6, 6.07) is 0. The van der Waals surface area contributed by atoms with Crippen LogP contribution in [0.3, 0.4) is 0 Å². The Bertz CT molecular complexity index is 211. The van der Waals surface area contributed by atoms with Crippen LogP contribution in [0, 0.1) is 0 Å². The Morgan fingerprint density at radius 3 is 1.18 bits per heavy atom. The fourth-order valence-electron chi connectivity index (χ4n) is 2.65. The number of carbonyl (C=O) groups is 1. The summed E-state index contributed by atoms with van der Waals surface area (Å²) in [6.45, 7) is 2.27. The zero-order valence-electron chi connectivity index (χ0n) is 14.7. The Morgan fingerprint density at radius 2 is 0.909 bits per heavy atom.